The number of aromatic nitrogens is 3. The normalized spacial score (nSPS) is 15.3. The molecule has 0 saturated carbocycles. The van der Waals surface area contributed by atoms with Crippen LogP contribution in [0.25, 0.3) is 95.0 Å². The summed E-state index contributed by atoms with van der Waals surface area (Å²) in [7, 11) is 0. The van der Waals surface area contributed by atoms with Crippen molar-refractivity contribution >= 4 is 11.0 Å². The van der Waals surface area contributed by atoms with E-state index in [-0.39, 0.29) is 21.7 Å². The largest absolute Gasteiger partial charge is 0.499 e. The molecule has 1 unspecified atom stereocenters. The third-order valence-electron chi connectivity index (χ3n) is 16.7. The fourth-order valence-electron chi connectivity index (χ4n) is 12.5. The molecule has 13 rings (SSSR count). The lowest BCUT2D eigenvalue weighted by Gasteiger charge is -2.36. The quantitative estimate of drug-likeness (QED) is 0.158. The van der Waals surface area contributed by atoms with Gasteiger partial charge in [0, 0.05) is 34.4 Å². The van der Waals surface area contributed by atoms with Crippen molar-refractivity contribution in [2.45, 2.75) is 118 Å². The Balaban J connectivity index is 1.21. The van der Waals surface area contributed by atoms with Gasteiger partial charge < -0.3 is 4.74 Å². The third kappa shape index (κ3) is 7.16. The van der Waals surface area contributed by atoms with E-state index in [0.717, 1.165) is 45.1 Å². The lowest BCUT2D eigenvalue weighted by molar-refractivity contribution is -0.997. The summed E-state index contributed by atoms with van der Waals surface area (Å²) in [5, 5.41) is 0. The van der Waals surface area contributed by atoms with Crippen molar-refractivity contribution in [3.8, 4) is 89.7 Å². The van der Waals surface area contributed by atoms with Gasteiger partial charge in [-0.3, -0.25) is 0 Å². The summed E-state index contributed by atoms with van der Waals surface area (Å²) in [4.78, 5) is 0. The number of ether oxygens (including phenoxy) is 1. The lowest BCUT2D eigenvalue weighted by atomic mass is 9.78. The van der Waals surface area contributed by atoms with E-state index in [1.807, 2.05) is 0 Å². The number of para-hydroxylation sites is 1. The zero-order chi connectivity index (χ0) is 53.0. The maximum atomic E-state index is 8.31. The standard InChI is InChI=1S/C72H69N3O/c1-44-37-56(48-29-33-52(34-30-48)69(5,6)7)63(43-55(44)47-23-18-15-19-24-47)74-61-26-20-25-54-57-38-50(45-21-16-14-17-22-45)39-58-62-40-49(46-27-31-51(32-28-46)68(2,3)4)35-36-73(62)72(64(57)58)75(65(54)61)67(74)59-41-53(70(8,9)10)42-60(66(59)76-72)71(11,12)13/h14-43H,1-13H3/q+2. The van der Waals surface area contributed by atoms with Gasteiger partial charge in [0.15, 0.2) is 23.0 Å². The molecular weight excluding hydrogens is 923 g/mol. The first-order chi connectivity index (χ1) is 36.1. The highest BCUT2D eigenvalue weighted by atomic mass is 16.5. The highest BCUT2D eigenvalue weighted by Gasteiger charge is 2.69. The molecule has 0 fully saturated rings. The molecule has 1 spiro atoms. The van der Waals surface area contributed by atoms with Gasteiger partial charge in [0.25, 0.3) is 0 Å². The highest BCUT2D eigenvalue weighted by Crippen LogP contribution is 2.57. The zero-order valence-corrected chi connectivity index (χ0v) is 46.6. The number of hydrogen-bond acceptors (Lipinski definition) is 1. The Bertz CT molecular complexity index is 4020. The van der Waals surface area contributed by atoms with E-state index in [9.17, 15) is 0 Å². The van der Waals surface area contributed by atoms with Crippen molar-refractivity contribution in [3.63, 3.8) is 0 Å². The molecule has 376 valence electrons. The number of hydrogen-bond donors (Lipinski definition) is 0. The van der Waals surface area contributed by atoms with Crippen LogP contribution >= 0.6 is 0 Å². The van der Waals surface area contributed by atoms with Crippen LogP contribution in [0.5, 0.6) is 5.75 Å². The minimum absolute atomic E-state index is 0.0150. The second-order valence-electron chi connectivity index (χ2n) is 26.0. The molecule has 8 aromatic carbocycles. The van der Waals surface area contributed by atoms with E-state index >= 15 is 0 Å². The number of fused-ring (bicyclic) bond motifs is 5. The van der Waals surface area contributed by atoms with Crippen LogP contribution in [-0.4, -0.2) is 4.57 Å². The van der Waals surface area contributed by atoms with Crippen molar-refractivity contribution in [2.75, 3.05) is 0 Å². The van der Waals surface area contributed by atoms with Gasteiger partial charge in [-0.05, 0) is 132 Å². The summed E-state index contributed by atoms with van der Waals surface area (Å²) in [6.45, 7) is 30.1. The molecule has 2 aromatic heterocycles. The zero-order valence-electron chi connectivity index (χ0n) is 46.6. The van der Waals surface area contributed by atoms with Crippen LogP contribution < -0.4 is 13.9 Å². The summed E-state index contributed by atoms with van der Waals surface area (Å²) < 4.78 is 16.0. The van der Waals surface area contributed by atoms with Crippen molar-refractivity contribution in [1.29, 1.82) is 0 Å². The average Bonchev–Trinajstić information content (AvgIpc) is 4.11. The summed E-state index contributed by atoms with van der Waals surface area (Å²) in [5.41, 5.74) is 25.8. The van der Waals surface area contributed by atoms with Crippen LogP contribution in [0.3, 0.4) is 0 Å². The summed E-state index contributed by atoms with van der Waals surface area (Å²) in [6.07, 6.45) is 2.31. The number of benzene rings is 8. The predicted molar refractivity (Wildman–Crippen MR) is 314 cm³/mol. The van der Waals surface area contributed by atoms with Gasteiger partial charge in [-0.15, -0.1) is 9.13 Å². The summed E-state index contributed by atoms with van der Waals surface area (Å²) in [5.74, 6) is 0.877. The lowest BCUT2D eigenvalue weighted by Crippen LogP contribution is -2.78. The van der Waals surface area contributed by atoms with Crippen LogP contribution in [0, 0.1) is 6.92 Å². The minimum atomic E-state index is -1.14. The molecule has 0 radical (unpaired) electrons. The predicted octanol–water partition coefficient (Wildman–Crippen LogP) is 17.6. The van der Waals surface area contributed by atoms with E-state index in [1.54, 1.807) is 0 Å². The Morgan fingerprint density at radius 2 is 1.00 bits per heavy atom. The molecule has 0 amide bonds. The fraction of sp³-hybridized carbons (Fsp3) is 0.250. The van der Waals surface area contributed by atoms with Crippen LogP contribution in [0.15, 0.2) is 182 Å². The summed E-state index contributed by atoms with van der Waals surface area (Å²) in [6, 6.07) is 66.7. The number of nitrogens with zero attached hydrogens (tertiary/aromatic N) is 3. The second-order valence-corrected chi connectivity index (χ2v) is 26.0. The van der Waals surface area contributed by atoms with E-state index in [0.29, 0.717) is 0 Å². The Morgan fingerprint density at radius 1 is 0.421 bits per heavy atom. The van der Waals surface area contributed by atoms with Gasteiger partial charge in [-0.2, -0.15) is 4.57 Å². The van der Waals surface area contributed by atoms with E-state index < -0.39 is 5.85 Å². The Morgan fingerprint density at radius 3 is 1.62 bits per heavy atom. The monoisotopic (exact) mass is 992 g/mol. The molecule has 0 saturated heterocycles. The molecule has 4 nitrogen and oxygen atoms in total. The minimum Gasteiger partial charge on any atom is -0.392 e. The maximum Gasteiger partial charge on any atom is 0.499 e. The van der Waals surface area contributed by atoms with Gasteiger partial charge in [-0.1, -0.05) is 204 Å². The van der Waals surface area contributed by atoms with Crippen molar-refractivity contribution in [1.82, 2.24) is 4.57 Å². The molecule has 0 aliphatic carbocycles. The smallest absolute Gasteiger partial charge is 0.392 e. The Kier molecular flexibility index (Phi) is 10.3. The van der Waals surface area contributed by atoms with Crippen molar-refractivity contribution in [2.24, 2.45) is 0 Å². The molecule has 5 heterocycles. The van der Waals surface area contributed by atoms with Gasteiger partial charge in [-0.25, -0.2) is 0 Å². The van der Waals surface area contributed by atoms with Crippen LogP contribution in [0.1, 0.15) is 116 Å². The number of pyridine rings is 1. The topological polar surface area (TPSA) is 21.9 Å². The molecule has 1 atom stereocenters. The third-order valence-corrected chi connectivity index (χ3v) is 16.7. The van der Waals surface area contributed by atoms with Crippen molar-refractivity contribution < 1.29 is 13.9 Å². The maximum absolute atomic E-state index is 8.31. The Labute approximate surface area is 450 Å². The Hall–Kier alpha value is -7.82. The molecule has 3 aliphatic rings. The second kappa shape index (κ2) is 16.3. The number of imidazole rings is 1. The van der Waals surface area contributed by atoms with E-state index in [1.165, 1.54) is 89.0 Å². The molecule has 10 aromatic rings. The molecule has 4 heteroatoms. The first-order valence-corrected chi connectivity index (χ1v) is 27.3. The number of rotatable bonds is 5. The number of aryl methyl sites for hydroxylation is 1. The van der Waals surface area contributed by atoms with Crippen LogP contribution in [0.2, 0.25) is 0 Å². The fourth-order valence-corrected chi connectivity index (χ4v) is 12.5. The first kappa shape index (κ1) is 47.9. The highest BCUT2D eigenvalue weighted by molar-refractivity contribution is 6.00. The van der Waals surface area contributed by atoms with E-state index in [2.05, 4.69) is 286 Å². The van der Waals surface area contributed by atoms with Crippen LogP contribution in [0.4, 0.5) is 0 Å². The average molecular weight is 992 g/mol. The molecule has 0 N–H and O–H groups in total. The van der Waals surface area contributed by atoms with Gasteiger partial charge >= 0.3 is 11.7 Å². The van der Waals surface area contributed by atoms with E-state index in [4.69, 9.17) is 4.74 Å². The van der Waals surface area contributed by atoms with Gasteiger partial charge in [0.05, 0.1) is 5.56 Å². The van der Waals surface area contributed by atoms with Crippen molar-refractivity contribution in [3.05, 3.63) is 216 Å². The summed E-state index contributed by atoms with van der Waals surface area (Å²) >= 11 is 0. The van der Waals surface area contributed by atoms with Crippen LogP contribution in [-0.2, 0) is 27.5 Å². The van der Waals surface area contributed by atoms with Gasteiger partial charge in [0.1, 0.15) is 16.8 Å². The van der Waals surface area contributed by atoms with Gasteiger partial charge in [0.2, 0.25) is 5.69 Å². The first-order valence-electron chi connectivity index (χ1n) is 27.3. The molecule has 3 aliphatic heterocycles. The SMILES string of the molecule is Cc1cc(-c2ccc(C(C)(C)C)cc2)c(-n2c3[n+]4c5c(cccc52)-c2cc(-c5ccccc5)cc5c2C4(Oc2c-3cc(C(C)(C)C)cc2C(C)(C)C)[n+]2ccc(-c3ccc(C(C)(C)C)cc3)cc2-5)cc1-c1ccccc1. The molecular formula is C72H69N3O+2. The molecule has 76 heavy (non-hydrogen) atoms. The molecule has 0 bridgehead atoms.